The zero-order valence-corrected chi connectivity index (χ0v) is 21.4. The smallest absolute Gasteiger partial charge is 0.242 e. The first-order chi connectivity index (χ1) is 17.1. The summed E-state index contributed by atoms with van der Waals surface area (Å²) in [7, 11) is 0. The summed E-state index contributed by atoms with van der Waals surface area (Å²) in [5.41, 5.74) is 4.17. The number of fused-ring (bicyclic) bond motifs is 2. The monoisotopic (exact) mass is 488 g/mol. The van der Waals surface area contributed by atoms with Gasteiger partial charge < -0.3 is 10.2 Å². The molecule has 2 N–H and O–H groups in total. The zero-order chi connectivity index (χ0) is 25.8. The maximum absolute atomic E-state index is 14.0. The molecule has 0 spiro atoms. The van der Waals surface area contributed by atoms with Gasteiger partial charge in [0.1, 0.15) is 17.6 Å². The Bertz CT molecular complexity index is 1380. The van der Waals surface area contributed by atoms with Crippen LogP contribution in [-0.2, 0) is 16.0 Å². The van der Waals surface area contributed by atoms with Crippen molar-refractivity contribution < 1.29 is 14.4 Å². The minimum absolute atomic E-state index is 0.0136. The molecule has 188 valence electrons. The number of carbonyl (C=O) groups excluding carboxylic acids is 3. The molecule has 2 aliphatic rings. The third-order valence-electron chi connectivity index (χ3n) is 7.67. The Morgan fingerprint density at radius 1 is 1.19 bits per heavy atom. The summed E-state index contributed by atoms with van der Waals surface area (Å²) < 4.78 is 0. The van der Waals surface area contributed by atoms with E-state index in [0.29, 0.717) is 41.0 Å². The Morgan fingerprint density at radius 3 is 2.58 bits per heavy atom. The summed E-state index contributed by atoms with van der Waals surface area (Å²) in [4.78, 5) is 49.9. The van der Waals surface area contributed by atoms with Crippen molar-refractivity contribution in [2.75, 3.05) is 6.54 Å². The van der Waals surface area contributed by atoms with Gasteiger partial charge in [0.05, 0.1) is 11.9 Å². The van der Waals surface area contributed by atoms with Crippen molar-refractivity contribution in [2.45, 2.75) is 72.4 Å². The van der Waals surface area contributed by atoms with Gasteiger partial charge in [-0.25, -0.2) is 9.97 Å². The number of piperidine rings is 1. The molecule has 0 radical (unpaired) electrons. The number of aromatic nitrogens is 4. The van der Waals surface area contributed by atoms with Gasteiger partial charge in [0, 0.05) is 42.9 Å². The van der Waals surface area contributed by atoms with Crippen LogP contribution in [0.25, 0.3) is 22.0 Å². The lowest BCUT2D eigenvalue weighted by Crippen LogP contribution is -2.48. The Hall–Kier alpha value is -3.62. The van der Waals surface area contributed by atoms with Gasteiger partial charge in [-0.3, -0.25) is 19.5 Å². The van der Waals surface area contributed by atoms with E-state index in [2.05, 4.69) is 32.4 Å². The van der Waals surface area contributed by atoms with Crippen LogP contribution >= 0.6 is 0 Å². The SMILES string of the molecule is CCCNC(=O)[C@@H]1C[C@@]2(C)C[C@H]2N1C(=O)Cc1c(-c2cnc(C)nc2)cc(C)c2n[nH]c(C(C)=O)c12. The number of nitrogens with zero attached hydrogens (tertiary/aromatic N) is 4. The molecule has 3 aromatic rings. The molecule has 2 aromatic heterocycles. The normalized spacial score (nSPS) is 22.5. The highest BCUT2D eigenvalue weighted by atomic mass is 16.2. The van der Waals surface area contributed by atoms with Gasteiger partial charge in [0.15, 0.2) is 5.78 Å². The van der Waals surface area contributed by atoms with Crippen LogP contribution in [0.1, 0.15) is 67.5 Å². The number of carbonyl (C=O) groups is 3. The molecule has 1 saturated heterocycles. The van der Waals surface area contributed by atoms with Crippen LogP contribution in [-0.4, -0.2) is 61.3 Å². The van der Waals surface area contributed by atoms with Crippen molar-refractivity contribution in [3.05, 3.63) is 41.1 Å². The summed E-state index contributed by atoms with van der Waals surface area (Å²) in [6.07, 6.45) is 5.93. The number of ketones is 1. The number of likely N-dealkylation sites (tertiary alicyclic amines) is 1. The van der Waals surface area contributed by atoms with E-state index in [0.717, 1.165) is 29.5 Å². The van der Waals surface area contributed by atoms with Crippen LogP contribution in [0.2, 0.25) is 0 Å². The highest BCUT2D eigenvalue weighted by Gasteiger charge is 2.64. The molecule has 2 amide bonds. The Balaban J connectivity index is 1.60. The van der Waals surface area contributed by atoms with Gasteiger partial charge in [-0.1, -0.05) is 13.8 Å². The number of Topliss-reactive ketones (excluding diaryl/α,β-unsaturated/α-hetero) is 1. The average molecular weight is 489 g/mol. The molecule has 2 fully saturated rings. The Morgan fingerprint density at radius 2 is 1.92 bits per heavy atom. The second-order valence-corrected chi connectivity index (χ2v) is 10.5. The predicted molar refractivity (Wildman–Crippen MR) is 135 cm³/mol. The Kier molecular flexibility index (Phi) is 5.89. The van der Waals surface area contributed by atoms with Crippen molar-refractivity contribution >= 4 is 28.5 Å². The molecular formula is C27H32N6O3. The number of amides is 2. The number of nitrogens with one attached hydrogen (secondary N) is 2. The van der Waals surface area contributed by atoms with Crippen LogP contribution in [0, 0.1) is 19.3 Å². The molecule has 1 aliphatic heterocycles. The van der Waals surface area contributed by atoms with Crippen LogP contribution in [0.4, 0.5) is 0 Å². The minimum atomic E-state index is -0.475. The second kappa shape index (κ2) is 8.80. The zero-order valence-electron chi connectivity index (χ0n) is 21.4. The van der Waals surface area contributed by atoms with E-state index in [-0.39, 0.29) is 35.5 Å². The number of rotatable bonds is 7. The maximum Gasteiger partial charge on any atom is 0.242 e. The van der Waals surface area contributed by atoms with Gasteiger partial charge in [0.25, 0.3) is 0 Å². The maximum atomic E-state index is 14.0. The lowest BCUT2D eigenvalue weighted by atomic mass is 9.91. The molecule has 3 heterocycles. The number of aromatic amines is 1. The van der Waals surface area contributed by atoms with Crippen molar-refractivity contribution in [3.8, 4) is 11.1 Å². The largest absolute Gasteiger partial charge is 0.354 e. The number of benzene rings is 1. The Labute approximate surface area is 210 Å². The van der Waals surface area contributed by atoms with Gasteiger partial charge in [0.2, 0.25) is 11.8 Å². The molecule has 36 heavy (non-hydrogen) atoms. The quantitative estimate of drug-likeness (QED) is 0.492. The topological polar surface area (TPSA) is 121 Å². The molecular weight excluding hydrogens is 456 g/mol. The first kappa shape index (κ1) is 24.1. The number of hydrogen-bond acceptors (Lipinski definition) is 6. The first-order valence-corrected chi connectivity index (χ1v) is 12.5. The van der Waals surface area contributed by atoms with Gasteiger partial charge in [-0.2, -0.15) is 5.10 Å². The molecule has 1 aliphatic carbocycles. The van der Waals surface area contributed by atoms with Gasteiger partial charge in [-0.05, 0) is 61.3 Å². The van der Waals surface area contributed by atoms with E-state index >= 15 is 0 Å². The fourth-order valence-electron chi connectivity index (χ4n) is 5.62. The highest BCUT2D eigenvalue weighted by molar-refractivity contribution is 6.09. The number of H-pyrrole nitrogens is 1. The predicted octanol–water partition coefficient (Wildman–Crippen LogP) is 3.29. The number of aryl methyl sites for hydroxylation is 2. The molecule has 1 saturated carbocycles. The van der Waals surface area contributed by atoms with Crippen LogP contribution in [0.3, 0.4) is 0 Å². The average Bonchev–Trinajstić information content (AvgIpc) is 3.18. The summed E-state index contributed by atoms with van der Waals surface area (Å²) >= 11 is 0. The van der Waals surface area contributed by atoms with E-state index in [1.54, 1.807) is 17.3 Å². The van der Waals surface area contributed by atoms with Crippen molar-refractivity contribution in [3.63, 3.8) is 0 Å². The van der Waals surface area contributed by atoms with Crippen molar-refractivity contribution in [1.29, 1.82) is 0 Å². The fraction of sp³-hybridized carbons (Fsp3) is 0.481. The molecule has 9 nitrogen and oxygen atoms in total. The third-order valence-corrected chi connectivity index (χ3v) is 7.67. The van der Waals surface area contributed by atoms with E-state index < -0.39 is 6.04 Å². The molecule has 3 atom stereocenters. The molecule has 1 aromatic carbocycles. The summed E-state index contributed by atoms with van der Waals surface area (Å²) in [6.45, 7) is 9.98. The summed E-state index contributed by atoms with van der Waals surface area (Å²) in [5.74, 6) is 0.282. The molecule has 0 bridgehead atoms. The molecule has 9 heteroatoms. The van der Waals surface area contributed by atoms with Crippen molar-refractivity contribution in [1.82, 2.24) is 30.4 Å². The van der Waals surface area contributed by atoms with E-state index in [9.17, 15) is 14.4 Å². The van der Waals surface area contributed by atoms with Gasteiger partial charge >= 0.3 is 0 Å². The van der Waals surface area contributed by atoms with Crippen LogP contribution < -0.4 is 5.32 Å². The highest BCUT2D eigenvalue weighted by Crippen LogP contribution is 2.59. The van der Waals surface area contributed by atoms with E-state index in [1.165, 1.54) is 6.92 Å². The first-order valence-electron chi connectivity index (χ1n) is 12.5. The van der Waals surface area contributed by atoms with Crippen molar-refractivity contribution in [2.24, 2.45) is 5.41 Å². The lowest BCUT2D eigenvalue weighted by Gasteiger charge is -2.27. The molecule has 0 unspecified atom stereocenters. The lowest BCUT2D eigenvalue weighted by molar-refractivity contribution is -0.139. The fourth-order valence-corrected chi connectivity index (χ4v) is 5.62. The molecule has 5 rings (SSSR count). The second-order valence-electron chi connectivity index (χ2n) is 10.5. The summed E-state index contributed by atoms with van der Waals surface area (Å²) in [5, 5.41) is 10.9. The van der Waals surface area contributed by atoms with Crippen LogP contribution in [0.5, 0.6) is 0 Å². The van der Waals surface area contributed by atoms with E-state index in [1.807, 2.05) is 26.8 Å². The minimum Gasteiger partial charge on any atom is -0.354 e. The van der Waals surface area contributed by atoms with Gasteiger partial charge in [-0.15, -0.1) is 0 Å². The standard InChI is InChI=1S/C27H32N6O3/c1-6-7-28-26(36)20-10-27(5)11-21(27)33(20)22(35)9-19-18(17-12-29-16(4)30-13-17)8-14(2)24-23(19)25(15(3)34)32-31-24/h8,12-13,20-21H,6-7,9-11H2,1-5H3,(H,28,36)(H,31,32)/t20-,21+,27-/m0/s1. The summed E-state index contributed by atoms with van der Waals surface area (Å²) in [6, 6.07) is 1.56. The van der Waals surface area contributed by atoms with Crippen LogP contribution in [0.15, 0.2) is 18.5 Å². The van der Waals surface area contributed by atoms with E-state index in [4.69, 9.17) is 0 Å². The number of hydrogen-bond donors (Lipinski definition) is 2. The third kappa shape index (κ3) is 3.96.